The molecule has 0 unspecified atom stereocenters. The van der Waals surface area contributed by atoms with E-state index in [0.29, 0.717) is 0 Å². The van der Waals surface area contributed by atoms with Gasteiger partial charge in [-0.2, -0.15) is 0 Å². The molecule has 1 saturated heterocycles. The van der Waals surface area contributed by atoms with Crippen LogP contribution < -0.4 is 0 Å². The lowest BCUT2D eigenvalue weighted by atomic mass is 9.79. The summed E-state index contributed by atoms with van der Waals surface area (Å²) in [6, 6.07) is 0. The summed E-state index contributed by atoms with van der Waals surface area (Å²) in [4.78, 5) is 0. The lowest BCUT2D eigenvalue weighted by molar-refractivity contribution is 0.00578. The van der Waals surface area contributed by atoms with Gasteiger partial charge in [-0.25, -0.2) is 0 Å². The molecule has 15 heavy (non-hydrogen) atoms. The predicted molar refractivity (Wildman–Crippen MR) is 66.8 cm³/mol. The fourth-order valence-corrected chi connectivity index (χ4v) is 1.09. The van der Waals surface area contributed by atoms with E-state index < -0.39 is 0 Å². The van der Waals surface area contributed by atoms with E-state index in [2.05, 4.69) is 13.2 Å². The molecular weight excluding hydrogens is 187 g/mol. The van der Waals surface area contributed by atoms with Gasteiger partial charge in [-0.05, 0) is 33.2 Å². The maximum atomic E-state index is 5.72. The molecule has 0 aliphatic carbocycles. The third-order valence-corrected chi connectivity index (χ3v) is 2.82. The van der Waals surface area contributed by atoms with E-state index in [9.17, 15) is 0 Å². The van der Waals surface area contributed by atoms with E-state index in [-0.39, 0.29) is 18.3 Å². The third kappa shape index (κ3) is 2.96. The van der Waals surface area contributed by atoms with Gasteiger partial charge in [0.2, 0.25) is 0 Å². The van der Waals surface area contributed by atoms with E-state index >= 15 is 0 Å². The Morgan fingerprint density at radius 1 is 1.07 bits per heavy atom. The fourth-order valence-electron chi connectivity index (χ4n) is 1.09. The smallest absolute Gasteiger partial charge is 0.399 e. The van der Waals surface area contributed by atoms with E-state index in [1.165, 1.54) is 0 Å². The Balaban J connectivity index is 0.000000921. The molecule has 86 valence electrons. The minimum atomic E-state index is -0.345. The van der Waals surface area contributed by atoms with Gasteiger partial charge in [-0.15, -0.1) is 0 Å². The minimum absolute atomic E-state index is 0.288. The summed E-state index contributed by atoms with van der Waals surface area (Å²) in [5.41, 5.74) is 0.200. The average molecular weight is 210 g/mol. The van der Waals surface area contributed by atoms with Crippen molar-refractivity contribution in [2.24, 2.45) is 0 Å². The molecule has 0 aromatic rings. The van der Waals surface area contributed by atoms with Crippen LogP contribution in [0.3, 0.4) is 0 Å². The lowest BCUT2D eigenvalue weighted by Crippen LogP contribution is -2.41. The molecular formula is C12H23BO2. The molecule has 3 heteroatoms. The zero-order valence-corrected chi connectivity index (χ0v) is 10.9. The Morgan fingerprint density at radius 3 is 1.67 bits per heavy atom. The largest absolute Gasteiger partial charge is 0.494 e. The van der Waals surface area contributed by atoms with Crippen molar-refractivity contribution < 1.29 is 9.31 Å². The van der Waals surface area contributed by atoms with Crippen molar-refractivity contribution >= 4 is 7.12 Å². The van der Waals surface area contributed by atoms with Gasteiger partial charge in [0.05, 0.1) is 11.2 Å². The molecule has 0 aromatic heterocycles. The molecule has 2 nitrogen and oxygen atoms in total. The zero-order valence-electron chi connectivity index (χ0n) is 10.9. The second kappa shape index (κ2) is 5.00. The normalized spacial score (nSPS) is 21.6. The van der Waals surface area contributed by atoms with Gasteiger partial charge < -0.3 is 9.31 Å². The summed E-state index contributed by atoms with van der Waals surface area (Å²) in [6.45, 7) is 19.5. The van der Waals surface area contributed by atoms with Crippen LogP contribution in [0.5, 0.6) is 0 Å². The molecule has 1 aliphatic heterocycles. The zero-order chi connectivity index (χ0) is 12.3. The molecule has 0 N–H and O–H groups in total. The summed E-state index contributed by atoms with van der Waals surface area (Å²) in [6.07, 6.45) is 1.67. The number of allylic oxidation sites excluding steroid dienone is 2. The van der Waals surface area contributed by atoms with E-state index in [0.717, 1.165) is 5.47 Å². The Bertz CT molecular complexity index is 228. The minimum Gasteiger partial charge on any atom is -0.399 e. The van der Waals surface area contributed by atoms with Gasteiger partial charge in [-0.1, -0.05) is 33.1 Å². The van der Waals surface area contributed by atoms with E-state index in [1.54, 1.807) is 6.08 Å². The van der Waals surface area contributed by atoms with Crippen molar-refractivity contribution in [2.75, 3.05) is 0 Å². The summed E-state index contributed by atoms with van der Waals surface area (Å²) in [5, 5.41) is 0. The van der Waals surface area contributed by atoms with Gasteiger partial charge in [0, 0.05) is 0 Å². The first kappa shape index (κ1) is 14.5. The molecule has 0 bridgehead atoms. The van der Waals surface area contributed by atoms with Crippen LogP contribution in [0.15, 0.2) is 24.7 Å². The van der Waals surface area contributed by atoms with Gasteiger partial charge in [0.25, 0.3) is 0 Å². The van der Waals surface area contributed by atoms with E-state index in [1.807, 2.05) is 41.5 Å². The van der Waals surface area contributed by atoms with Crippen molar-refractivity contribution in [1.82, 2.24) is 0 Å². The SMILES string of the molecule is C=CC(=C)B1OC(C)(C)C(C)(C)O1.CC. The highest BCUT2D eigenvalue weighted by Crippen LogP contribution is 2.38. The fraction of sp³-hybridized carbons (Fsp3) is 0.667. The Morgan fingerprint density at radius 2 is 1.40 bits per heavy atom. The van der Waals surface area contributed by atoms with Crippen LogP contribution in [0.25, 0.3) is 0 Å². The molecule has 0 atom stereocenters. The summed E-state index contributed by atoms with van der Waals surface area (Å²) >= 11 is 0. The summed E-state index contributed by atoms with van der Waals surface area (Å²) < 4.78 is 11.4. The predicted octanol–water partition coefficient (Wildman–Crippen LogP) is 3.39. The molecule has 1 aliphatic rings. The first-order valence-electron chi connectivity index (χ1n) is 5.47. The van der Waals surface area contributed by atoms with Gasteiger partial charge in [-0.3, -0.25) is 0 Å². The van der Waals surface area contributed by atoms with Gasteiger partial charge in [0.1, 0.15) is 0 Å². The highest BCUT2D eigenvalue weighted by Gasteiger charge is 2.51. The Kier molecular flexibility index (Phi) is 4.82. The molecule has 1 rings (SSSR count). The van der Waals surface area contributed by atoms with Gasteiger partial charge in [0.15, 0.2) is 0 Å². The van der Waals surface area contributed by atoms with Crippen molar-refractivity contribution in [1.29, 1.82) is 0 Å². The number of rotatable bonds is 2. The second-order valence-corrected chi connectivity index (χ2v) is 4.37. The molecule has 0 radical (unpaired) electrons. The monoisotopic (exact) mass is 210 g/mol. The molecule has 0 saturated carbocycles. The average Bonchev–Trinajstić information content (AvgIpc) is 2.38. The van der Waals surface area contributed by atoms with Crippen molar-refractivity contribution in [3.05, 3.63) is 24.7 Å². The molecule has 0 amide bonds. The third-order valence-electron chi connectivity index (χ3n) is 2.82. The quantitative estimate of drug-likeness (QED) is 0.513. The molecule has 0 aromatic carbocycles. The van der Waals surface area contributed by atoms with Crippen LogP contribution in [0.2, 0.25) is 0 Å². The van der Waals surface area contributed by atoms with Crippen molar-refractivity contribution in [3.8, 4) is 0 Å². The van der Waals surface area contributed by atoms with Crippen LogP contribution in [-0.4, -0.2) is 18.3 Å². The highest BCUT2D eigenvalue weighted by atomic mass is 16.7. The Labute approximate surface area is 94.5 Å². The van der Waals surface area contributed by atoms with Crippen LogP contribution in [0, 0.1) is 0 Å². The molecule has 1 heterocycles. The van der Waals surface area contributed by atoms with Crippen LogP contribution in [-0.2, 0) is 9.31 Å². The second-order valence-electron chi connectivity index (χ2n) is 4.37. The molecule has 1 fully saturated rings. The lowest BCUT2D eigenvalue weighted by Gasteiger charge is -2.32. The van der Waals surface area contributed by atoms with E-state index in [4.69, 9.17) is 9.31 Å². The molecule has 0 spiro atoms. The van der Waals surface area contributed by atoms with Crippen LogP contribution in [0.4, 0.5) is 0 Å². The van der Waals surface area contributed by atoms with Gasteiger partial charge >= 0.3 is 7.12 Å². The maximum absolute atomic E-state index is 5.72. The van der Waals surface area contributed by atoms with Crippen LogP contribution >= 0.6 is 0 Å². The highest BCUT2D eigenvalue weighted by molar-refractivity contribution is 6.55. The van der Waals surface area contributed by atoms with Crippen molar-refractivity contribution in [3.63, 3.8) is 0 Å². The first-order chi connectivity index (χ1) is 6.80. The van der Waals surface area contributed by atoms with Crippen LogP contribution in [0.1, 0.15) is 41.5 Å². The number of hydrogen-bond acceptors (Lipinski definition) is 2. The number of hydrogen-bond donors (Lipinski definition) is 0. The van der Waals surface area contributed by atoms with Crippen molar-refractivity contribution in [2.45, 2.75) is 52.7 Å². The Hall–Kier alpha value is -0.535. The summed E-state index contributed by atoms with van der Waals surface area (Å²) in [5.74, 6) is 0. The topological polar surface area (TPSA) is 18.5 Å². The maximum Gasteiger partial charge on any atom is 0.494 e. The standard InChI is InChI=1S/C10H17BO2.C2H6/c1-7-8(2)11-12-9(3,4)10(5,6)13-11;1-2/h7H,1-2H2,3-6H3;1-2H3. The first-order valence-corrected chi connectivity index (χ1v) is 5.47. The summed E-state index contributed by atoms with van der Waals surface area (Å²) in [7, 11) is -0.345.